The number of hydrogen-bond acceptors (Lipinski definition) is 4. The van der Waals surface area contributed by atoms with Gasteiger partial charge in [0.2, 0.25) is 5.91 Å². The zero-order valence-corrected chi connectivity index (χ0v) is 18.3. The number of anilines is 1. The fourth-order valence-corrected chi connectivity index (χ4v) is 3.56. The highest BCUT2D eigenvalue weighted by molar-refractivity contribution is 5.96. The molecule has 0 saturated heterocycles. The van der Waals surface area contributed by atoms with Crippen LogP contribution >= 0.6 is 0 Å². The van der Waals surface area contributed by atoms with Crippen molar-refractivity contribution in [3.05, 3.63) is 100 Å². The molecule has 12 heteroatoms. The molecule has 0 bridgehead atoms. The smallest absolute Gasteiger partial charge is 0.422 e. The van der Waals surface area contributed by atoms with Crippen molar-refractivity contribution in [3.8, 4) is 0 Å². The molecule has 0 aliphatic carbocycles. The van der Waals surface area contributed by atoms with E-state index >= 15 is 0 Å². The monoisotopic (exact) mass is 514 g/mol. The number of rotatable bonds is 6. The summed E-state index contributed by atoms with van der Waals surface area (Å²) in [5.74, 6) is -13.3. The van der Waals surface area contributed by atoms with Gasteiger partial charge in [-0.25, -0.2) is 22.4 Å². The first kappa shape index (κ1) is 26.7. The van der Waals surface area contributed by atoms with Gasteiger partial charge in [-0.15, -0.1) is 0 Å². The maximum absolute atomic E-state index is 14.3. The standard InChI is InChI=1S/C24H17F7N2O3/c1-36-23(35)13-9-7-12(8-10-13)14(11-5-3-2-4-6-11)20(32)22(34)33-21-18(27)16(25)15(24(29,30)31)17(26)19(21)28/h2-10,14,20H,32H2,1H3,(H,33,34)/t14?,20-/m0/s1. The molecule has 1 amide bonds. The molecular weight excluding hydrogens is 497 g/mol. The van der Waals surface area contributed by atoms with Gasteiger partial charge in [0.1, 0.15) is 11.3 Å². The van der Waals surface area contributed by atoms with E-state index in [1.165, 1.54) is 31.4 Å². The lowest BCUT2D eigenvalue weighted by Gasteiger charge is -2.25. The SMILES string of the molecule is COC(=O)c1ccc(C(c2ccccc2)[C@H](N)C(=O)Nc2c(F)c(F)c(C(F)(F)F)c(F)c2F)cc1. The minimum Gasteiger partial charge on any atom is -0.465 e. The van der Waals surface area contributed by atoms with Gasteiger partial charge in [-0.1, -0.05) is 42.5 Å². The molecule has 3 aromatic carbocycles. The summed E-state index contributed by atoms with van der Waals surface area (Å²) in [5, 5.41) is 1.56. The third-order valence-corrected chi connectivity index (χ3v) is 5.31. The van der Waals surface area contributed by atoms with Crippen LogP contribution in [-0.2, 0) is 15.7 Å². The Morgan fingerprint density at radius 2 is 1.33 bits per heavy atom. The molecule has 1 unspecified atom stereocenters. The van der Waals surface area contributed by atoms with E-state index in [4.69, 9.17) is 5.73 Å². The molecule has 3 N–H and O–H groups in total. The highest BCUT2D eigenvalue weighted by Gasteiger charge is 2.43. The first-order valence-electron chi connectivity index (χ1n) is 10.1. The van der Waals surface area contributed by atoms with Crippen molar-refractivity contribution in [3.63, 3.8) is 0 Å². The van der Waals surface area contributed by atoms with Gasteiger partial charge in [0.15, 0.2) is 23.3 Å². The number of hydrogen-bond donors (Lipinski definition) is 2. The number of nitrogens with two attached hydrogens (primary N) is 1. The van der Waals surface area contributed by atoms with Gasteiger partial charge in [-0.3, -0.25) is 4.79 Å². The average molecular weight is 514 g/mol. The lowest BCUT2D eigenvalue weighted by molar-refractivity contribution is -0.143. The zero-order valence-electron chi connectivity index (χ0n) is 18.3. The van der Waals surface area contributed by atoms with E-state index in [1.807, 2.05) is 0 Å². The maximum atomic E-state index is 14.3. The van der Waals surface area contributed by atoms with E-state index in [0.717, 1.165) is 0 Å². The Bertz CT molecular complexity index is 1250. The molecule has 0 aliphatic heterocycles. The summed E-state index contributed by atoms with van der Waals surface area (Å²) in [4.78, 5) is 24.5. The Morgan fingerprint density at radius 1 is 0.833 bits per heavy atom. The number of halogens is 7. The van der Waals surface area contributed by atoms with Crippen molar-refractivity contribution in [1.29, 1.82) is 0 Å². The van der Waals surface area contributed by atoms with Crippen LogP contribution in [-0.4, -0.2) is 25.0 Å². The molecule has 36 heavy (non-hydrogen) atoms. The first-order chi connectivity index (χ1) is 16.9. The summed E-state index contributed by atoms with van der Waals surface area (Å²) < 4.78 is 99.5. The van der Waals surface area contributed by atoms with Crippen LogP contribution in [0.5, 0.6) is 0 Å². The first-order valence-corrected chi connectivity index (χ1v) is 10.1. The van der Waals surface area contributed by atoms with Crippen molar-refractivity contribution in [2.45, 2.75) is 18.1 Å². The van der Waals surface area contributed by atoms with E-state index in [0.29, 0.717) is 11.1 Å². The number of ether oxygens (including phenoxy) is 1. The minimum atomic E-state index is -5.73. The lowest BCUT2D eigenvalue weighted by Crippen LogP contribution is -2.41. The van der Waals surface area contributed by atoms with E-state index in [9.17, 15) is 40.3 Å². The normalized spacial score (nSPS) is 13.1. The molecule has 0 spiro atoms. The number of carbonyl (C=O) groups excluding carboxylic acids is 2. The quantitative estimate of drug-likeness (QED) is 0.271. The maximum Gasteiger partial charge on any atom is 0.422 e. The second kappa shape index (κ2) is 10.4. The van der Waals surface area contributed by atoms with Crippen molar-refractivity contribution in [1.82, 2.24) is 0 Å². The summed E-state index contributed by atoms with van der Waals surface area (Å²) in [5.41, 5.74) is 2.50. The number of alkyl halides is 3. The Kier molecular flexibility index (Phi) is 7.68. The number of nitrogens with one attached hydrogen (secondary N) is 1. The van der Waals surface area contributed by atoms with Gasteiger partial charge in [0.05, 0.1) is 18.7 Å². The van der Waals surface area contributed by atoms with Crippen LogP contribution in [0.25, 0.3) is 0 Å². The Hall–Kier alpha value is -3.93. The molecular formula is C24H17F7N2O3. The zero-order chi connectivity index (χ0) is 26.8. The minimum absolute atomic E-state index is 0.172. The van der Waals surface area contributed by atoms with Crippen LogP contribution in [0.15, 0.2) is 54.6 Å². The van der Waals surface area contributed by atoms with Crippen LogP contribution in [0.2, 0.25) is 0 Å². The second-order valence-corrected chi connectivity index (χ2v) is 7.52. The summed E-state index contributed by atoms with van der Waals surface area (Å²) in [6, 6.07) is 12.0. The third-order valence-electron chi connectivity index (χ3n) is 5.31. The molecule has 0 heterocycles. The summed E-state index contributed by atoms with van der Waals surface area (Å²) >= 11 is 0. The second-order valence-electron chi connectivity index (χ2n) is 7.52. The highest BCUT2D eigenvalue weighted by atomic mass is 19.4. The number of benzene rings is 3. The molecule has 5 nitrogen and oxygen atoms in total. The average Bonchev–Trinajstić information content (AvgIpc) is 2.85. The van der Waals surface area contributed by atoms with Gasteiger partial charge in [0, 0.05) is 5.92 Å². The molecule has 0 aliphatic rings. The molecule has 0 saturated carbocycles. The molecule has 3 aromatic rings. The molecule has 190 valence electrons. The van der Waals surface area contributed by atoms with Crippen LogP contribution in [0.1, 0.15) is 33.0 Å². The number of methoxy groups -OCH3 is 1. The fraction of sp³-hybridized carbons (Fsp3) is 0.167. The van der Waals surface area contributed by atoms with Gasteiger partial charge in [-0.05, 0) is 23.3 Å². The number of esters is 1. The van der Waals surface area contributed by atoms with Crippen LogP contribution in [0.3, 0.4) is 0 Å². The molecule has 2 atom stereocenters. The molecule has 0 fully saturated rings. The van der Waals surface area contributed by atoms with Gasteiger partial charge < -0.3 is 15.8 Å². The van der Waals surface area contributed by atoms with Crippen LogP contribution < -0.4 is 11.1 Å². The van der Waals surface area contributed by atoms with Crippen molar-refractivity contribution in [2.24, 2.45) is 5.73 Å². The predicted octanol–water partition coefficient (Wildman–Crippen LogP) is 5.15. The summed E-state index contributed by atoms with van der Waals surface area (Å²) in [6.45, 7) is 0. The van der Waals surface area contributed by atoms with Crippen molar-refractivity contribution in [2.75, 3.05) is 12.4 Å². The number of carbonyl (C=O) groups is 2. The van der Waals surface area contributed by atoms with E-state index in [1.54, 1.807) is 35.6 Å². The molecule has 3 rings (SSSR count). The van der Waals surface area contributed by atoms with E-state index in [2.05, 4.69) is 4.74 Å². The fourth-order valence-electron chi connectivity index (χ4n) is 3.56. The highest BCUT2D eigenvalue weighted by Crippen LogP contribution is 2.38. The number of amides is 1. The van der Waals surface area contributed by atoms with E-state index < -0.39 is 64.5 Å². The lowest BCUT2D eigenvalue weighted by atomic mass is 9.84. The van der Waals surface area contributed by atoms with Crippen molar-refractivity contribution < 1.29 is 45.1 Å². The summed E-state index contributed by atoms with van der Waals surface area (Å²) in [6.07, 6.45) is -5.73. The van der Waals surface area contributed by atoms with Gasteiger partial charge >= 0.3 is 12.1 Å². The van der Waals surface area contributed by atoms with Crippen molar-refractivity contribution >= 4 is 17.6 Å². The van der Waals surface area contributed by atoms with Crippen LogP contribution in [0.4, 0.5) is 36.4 Å². The summed E-state index contributed by atoms with van der Waals surface area (Å²) in [7, 11) is 1.18. The third kappa shape index (κ3) is 5.18. The van der Waals surface area contributed by atoms with Gasteiger partial charge in [0.25, 0.3) is 0 Å². The topological polar surface area (TPSA) is 81.4 Å². The Balaban J connectivity index is 2.01. The van der Waals surface area contributed by atoms with Gasteiger partial charge in [-0.2, -0.15) is 13.2 Å². The Labute approximate surface area is 199 Å². The Morgan fingerprint density at radius 3 is 1.81 bits per heavy atom. The largest absolute Gasteiger partial charge is 0.465 e. The van der Waals surface area contributed by atoms with E-state index in [-0.39, 0.29) is 5.56 Å². The molecule has 0 radical (unpaired) electrons. The van der Waals surface area contributed by atoms with Crippen LogP contribution in [0, 0.1) is 23.3 Å². The molecule has 0 aromatic heterocycles. The predicted molar refractivity (Wildman–Crippen MR) is 114 cm³/mol.